The second kappa shape index (κ2) is 7.34. The third kappa shape index (κ3) is 4.70. The molecule has 130 valence electrons. The normalized spacial score (nSPS) is 18.0. The predicted octanol–water partition coefficient (Wildman–Crippen LogP) is 2.10. The van der Waals surface area contributed by atoms with E-state index >= 15 is 0 Å². The van der Waals surface area contributed by atoms with Crippen LogP contribution in [0.1, 0.15) is 39.7 Å². The van der Waals surface area contributed by atoms with Crippen LogP contribution in [-0.4, -0.2) is 63.4 Å². The fourth-order valence-corrected chi connectivity index (χ4v) is 2.93. The molecular formula is C17H31N5O. The van der Waals surface area contributed by atoms with Gasteiger partial charge in [0.15, 0.2) is 0 Å². The van der Waals surface area contributed by atoms with Crippen LogP contribution in [0.3, 0.4) is 0 Å². The first-order valence-electron chi connectivity index (χ1n) is 8.61. The average molecular weight is 321 g/mol. The molecule has 2 amide bonds. The number of hydrogen-bond donors (Lipinski definition) is 1. The van der Waals surface area contributed by atoms with Gasteiger partial charge in [-0.05, 0) is 39.7 Å². The van der Waals surface area contributed by atoms with Crippen LogP contribution >= 0.6 is 0 Å². The number of carbonyl (C=O) groups excluding carboxylic acids is 1. The molecule has 0 bridgehead atoms. The molecule has 1 aliphatic rings. The van der Waals surface area contributed by atoms with E-state index in [0.717, 1.165) is 38.2 Å². The molecule has 23 heavy (non-hydrogen) atoms. The number of carbonyl (C=O) groups is 1. The number of hydrogen-bond acceptors (Lipinski definition) is 3. The van der Waals surface area contributed by atoms with Crippen molar-refractivity contribution in [2.75, 3.05) is 26.2 Å². The molecule has 2 rings (SSSR count). The van der Waals surface area contributed by atoms with Crippen LogP contribution in [0, 0.1) is 6.92 Å². The third-order valence-electron chi connectivity index (χ3n) is 4.88. The first-order valence-corrected chi connectivity index (χ1v) is 8.61. The van der Waals surface area contributed by atoms with Crippen molar-refractivity contribution in [1.82, 2.24) is 24.9 Å². The lowest BCUT2D eigenvalue weighted by Crippen LogP contribution is -2.57. The summed E-state index contributed by atoms with van der Waals surface area (Å²) >= 11 is 0. The van der Waals surface area contributed by atoms with Gasteiger partial charge in [0, 0.05) is 44.0 Å². The lowest BCUT2D eigenvalue weighted by molar-refractivity contribution is 0.0609. The van der Waals surface area contributed by atoms with Crippen molar-refractivity contribution in [2.45, 2.75) is 59.2 Å². The molecule has 1 aromatic heterocycles. The summed E-state index contributed by atoms with van der Waals surface area (Å²) in [6.45, 7) is 15.0. The Morgan fingerprint density at radius 3 is 2.52 bits per heavy atom. The molecule has 2 heterocycles. The van der Waals surface area contributed by atoms with Gasteiger partial charge in [-0.15, -0.1) is 0 Å². The van der Waals surface area contributed by atoms with Gasteiger partial charge in [0.1, 0.15) is 0 Å². The first kappa shape index (κ1) is 17.8. The van der Waals surface area contributed by atoms with Crippen LogP contribution in [0.4, 0.5) is 4.79 Å². The van der Waals surface area contributed by atoms with E-state index in [2.05, 4.69) is 36.1 Å². The predicted molar refractivity (Wildman–Crippen MR) is 92.5 cm³/mol. The zero-order valence-corrected chi connectivity index (χ0v) is 15.2. The fraction of sp³-hybridized carbons (Fsp3) is 0.765. The third-order valence-corrected chi connectivity index (χ3v) is 4.88. The minimum absolute atomic E-state index is 0.0373. The summed E-state index contributed by atoms with van der Waals surface area (Å²) in [5.74, 6) is 0. The molecular weight excluding hydrogens is 290 g/mol. The number of aryl methyl sites for hydroxylation is 1. The van der Waals surface area contributed by atoms with Gasteiger partial charge in [-0.3, -0.25) is 9.58 Å². The van der Waals surface area contributed by atoms with Crippen molar-refractivity contribution in [3.05, 3.63) is 18.0 Å². The van der Waals surface area contributed by atoms with Gasteiger partial charge >= 0.3 is 6.03 Å². The largest absolute Gasteiger partial charge is 0.334 e. The van der Waals surface area contributed by atoms with E-state index in [1.165, 1.54) is 0 Å². The maximum Gasteiger partial charge on any atom is 0.317 e. The van der Waals surface area contributed by atoms with Crippen LogP contribution in [0.5, 0.6) is 0 Å². The Kier molecular flexibility index (Phi) is 5.68. The molecule has 1 unspecified atom stereocenters. The minimum atomic E-state index is 0.0373. The van der Waals surface area contributed by atoms with Crippen molar-refractivity contribution in [1.29, 1.82) is 0 Å². The van der Waals surface area contributed by atoms with Crippen LogP contribution in [-0.2, 0) is 6.54 Å². The Labute approximate surface area is 139 Å². The van der Waals surface area contributed by atoms with Gasteiger partial charge in [0.25, 0.3) is 0 Å². The zero-order chi connectivity index (χ0) is 17.0. The van der Waals surface area contributed by atoms with Gasteiger partial charge in [-0.2, -0.15) is 5.10 Å². The Balaban J connectivity index is 1.78. The Bertz CT molecular complexity index is 517. The molecule has 0 saturated carbocycles. The molecule has 1 N–H and O–H groups in total. The van der Waals surface area contributed by atoms with E-state index in [9.17, 15) is 4.79 Å². The van der Waals surface area contributed by atoms with Gasteiger partial charge in [-0.1, -0.05) is 6.92 Å². The highest BCUT2D eigenvalue weighted by molar-refractivity contribution is 5.74. The van der Waals surface area contributed by atoms with Crippen molar-refractivity contribution >= 4 is 6.03 Å². The fourth-order valence-electron chi connectivity index (χ4n) is 2.93. The monoisotopic (exact) mass is 321 g/mol. The highest BCUT2D eigenvalue weighted by atomic mass is 16.2. The van der Waals surface area contributed by atoms with Gasteiger partial charge in [0.05, 0.1) is 12.7 Å². The number of nitrogens with zero attached hydrogens (tertiary/aromatic N) is 4. The number of piperazine rings is 1. The second-order valence-electron chi connectivity index (χ2n) is 7.23. The molecule has 1 aliphatic heterocycles. The Morgan fingerprint density at radius 2 is 2.00 bits per heavy atom. The number of aromatic nitrogens is 2. The highest BCUT2D eigenvalue weighted by Gasteiger charge is 2.30. The number of rotatable bonds is 5. The molecule has 0 spiro atoms. The Hall–Kier alpha value is -1.56. The standard InChI is InChI=1S/C17H31N5O/c1-6-17(4,5)21-9-7-20(8-10-21)16(23)19-15(3)13-22-12-14(2)11-18-22/h11-12,15H,6-10,13H2,1-5H3,(H,19,23). The first-order chi connectivity index (χ1) is 10.8. The van der Waals surface area contributed by atoms with Crippen molar-refractivity contribution < 1.29 is 4.79 Å². The summed E-state index contributed by atoms with van der Waals surface area (Å²) in [4.78, 5) is 16.8. The van der Waals surface area contributed by atoms with Crippen LogP contribution in [0.2, 0.25) is 0 Å². The lowest BCUT2D eigenvalue weighted by Gasteiger charge is -2.43. The number of nitrogens with one attached hydrogen (secondary N) is 1. The topological polar surface area (TPSA) is 53.4 Å². The molecule has 1 fully saturated rings. The minimum Gasteiger partial charge on any atom is -0.334 e. The van der Waals surface area contributed by atoms with Crippen LogP contribution in [0.15, 0.2) is 12.4 Å². The van der Waals surface area contributed by atoms with E-state index in [1.807, 2.05) is 35.8 Å². The van der Waals surface area contributed by atoms with Gasteiger partial charge in [0.2, 0.25) is 0 Å². The molecule has 0 radical (unpaired) electrons. The summed E-state index contributed by atoms with van der Waals surface area (Å²) in [6.07, 6.45) is 4.96. The number of amides is 2. The van der Waals surface area contributed by atoms with Gasteiger partial charge in [-0.25, -0.2) is 4.79 Å². The molecule has 0 aromatic carbocycles. The summed E-state index contributed by atoms with van der Waals surface area (Å²) in [7, 11) is 0. The SMILES string of the molecule is CCC(C)(C)N1CCN(C(=O)NC(C)Cn2cc(C)cn2)CC1. The molecule has 1 atom stereocenters. The molecule has 1 saturated heterocycles. The molecule has 6 nitrogen and oxygen atoms in total. The van der Waals surface area contributed by atoms with E-state index in [1.54, 1.807) is 0 Å². The second-order valence-corrected chi connectivity index (χ2v) is 7.23. The quantitative estimate of drug-likeness (QED) is 0.903. The summed E-state index contributed by atoms with van der Waals surface area (Å²) in [5, 5.41) is 7.35. The van der Waals surface area contributed by atoms with Crippen LogP contribution in [0.25, 0.3) is 0 Å². The van der Waals surface area contributed by atoms with Crippen LogP contribution < -0.4 is 5.32 Å². The van der Waals surface area contributed by atoms with Crippen molar-refractivity contribution in [3.63, 3.8) is 0 Å². The average Bonchev–Trinajstić information content (AvgIpc) is 2.92. The zero-order valence-electron chi connectivity index (χ0n) is 15.2. The smallest absolute Gasteiger partial charge is 0.317 e. The van der Waals surface area contributed by atoms with E-state index < -0.39 is 0 Å². The summed E-state index contributed by atoms with van der Waals surface area (Å²) in [6, 6.07) is 0.0993. The molecule has 1 aromatic rings. The summed E-state index contributed by atoms with van der Waals surface area (Å²) in [5.41, 5.74) is 1.35. The Morgan fingerprint density at radius 1 is 1.35 bits per heavy atom. The highest BCUT2D eigenvalue weighted by Crippen LogP contribution is 2.20. The van der Waals surface area contributed by atoms with Crippen molar-refractivity contribution in [2.24, 2.45) is 0 Å². The van der Waals surface area contributed by atoms with Gasteiger partial charge < -0.3 is 10.2 Å². The molecule has 6 heteroatoms. The maximum absolute atomic E-state index is 12.4. The maximum atomic E-state index is 12.4. The number of urea groups is 1. The summed E-state index contributed by atoms with van der Waals surface area (Å²) < 4.78 is 1.88. The van der Waals surface area contributed by atoms with Crippen molar-refractivity contribution in [3.8, 4) is 0 Å². The van der Waals surface area contributed by atoms with E-state index in [4.69, 9.17) is 0 Å². The van der Waals surface area contributed by atoms with E-state index in [-0.39, 0.29) is 17.6 Å². The lowest BCUT2D eigenvalue weighted by atomic mass is 9.98. The van der Waals surface area contributed by atoms with E-state index in [0.29, 0.717) is 6.54 Å². The molecule has 0 aliphatic carbocycles.